The molecule has 0 atom stereocenters. The minimum atomic E-state index is -0.423. The number of phenolic OH excluding ortho intramolecular Hbond substituents is 2. The van der Waals surface area contributed by atoms with Gasteiger partial charge in [-0.3, -0.25) is 14.2 Å². The van der Waals surface area contributed by atoms with Gasteiger partial charge in [0.2, 0.25) is 5.82 Å². The zero-order valence-electron chi connectivity index (χ0n) is 22.3. The van der Waals surface area contributed by atoms with E-state index >= 15 is 0 Å². The average Bonchev–Trinajstić information content (AvgIpc) is 3.34. The van der Waals surface area contributed by atoms with Crippen LogP contribution in [0.1, 0.15) is 66.1 Å². The molecule has 202 valence electrons. The Morgan fingerprint density at radius 1 is 1.08 bits per heavy atom. The van der Waals surface area contributed by atoms with Crippen molar-refractivity contribution < 1.29 is 24.5 Å². The molecule has 10 nitrogen and oxygen atoms in total. The van der Waals surface area contributed by atoms with Crippen LogP contribution >= 0.6 is 0 Å². The summed E-state index contributed by atoms with van der Waals surface area (Å²) in [5, 5.41) is 32.1. The number of methoxy groups -OCH3 is 1. The number of nitrogens with one attached hydrogen (secondary N) is 1. The van der Waals surface area contributed by atoms with Crippen LogP contribution in [0.3, 0.4) is 0 Å². The molecule has 0 bridgehead atoms. The summed E-state index contributed by atoms with van der Waals surface area (Å²) in [7, 11) is 1.70. The fourth-order valence-corrected chi connectivity index (χ4v) is 4.80. The van der Waals surface area contributed by atoms with Gasteiger partial charge in [0.05, 0.1) is 5.56 Å². The lowest BCUT2D eigenvalue weighted by Gasteiger charge is -2.31. The number of benzene rings is 2. The summed E-state index contributed by atoms with van der Waals surface area (Å²) in [4.78, 5) is 27.8. The van der Waals surface area contributed by atoms with Gasteiger partial charge in [-0.15, -0.1) is 10.2 Å². The van der Waals surface area contributed by atoms with Crippen LogP contribution in [0.5, 0.6) is 11.5 Å². The van der Waals surface area contributed by atoms with Crippen molar-refractivity contribution in [1.29, 1.82) is 0 Å². The Kier molecular flexibility index (Phi) is 8.31. The van der Waals surface area contributed by atoms with E-state index in [0.29, 0.717) is 54.5 Å². The molecule has 1 fully saturated rings. The van der Waals surface area contributed by atoms with Gasteiger partial charge in [0, 0.05) is 50.7 Å². The van der Waals surface area contributed by atoms with Crippen molar-refractivity contribution in [2.75, 3.05) is 33.4 Å². The third-order valence-electron chi connectivity index (χ3n) is 6.89. The molecule has 2 heterocycles. The predicted octanol–water partition coefficient (Wildman–Crippen LogP) is 3.72. The van der Waals surface area contributed by atoms with E-state index in [2.05, 4.69) is 15.5 Å². The Morgan fingerprint density at radius 2 is 1.76 bits per heavy atom. The van der Waals surface area contributed by atoms with Crippen LogP contribution in [0, 0.1) is 5.92 Å². The zero-order valence-corrected chi connectivity index (χ0v) is 22.3. The summed E-state index contributed by atoms with van der Waals surface area (Å²) in [6.07, 6.45) is 1.82. The number of rotatable bonds is 8. The van der Waals surface area contributed by atoms with Gasteiger partial charge in [0.25, 0.3) is 11.8 Å². The van der Waals surface area contributed by atoms with Crippen molar-refractivity contribution in [2.45, 2.75) is 39.5 Å². The molecular formula is C28H35N5O5. The topological polar surface area (TPSA) is 130 Å². The highest BCUT2D eigenvalue weighted by atomic mass is 16.5. The maximum absolute atomic E-state index is 13.1. The molecule has 2 amide bonds. The number of ether oxygens (including phenoxy) is 1. The SMILES string of the molecule is CCNC(=O)c1nnc(-c2cc(C(C)C)c(O)cc2O)n1-c1ccc(C(=O)N2CCC(COC)CC2)cc1. The molecule has 0 saturated carbocycles. The maximum Gasteiger partial charge on any atom is 0.289 e. The maximum atomic E-state index is 13.1. The number of aromatic hydroxyl groups is 2. The summed E-state index contributed by atoms with van der Waals surface area (Å²) in [5.41, 5.74) is 2.05. The van der Waals surface area contributed by atoms with Gasteiger partial charge in [-0.25, -0.2) is 0 Å². The fraction of sp³-hybridized carbons (Fsp3) is 0.429. The van der Waals surface area contributed by atoms with E-state index in [0.717, 1.165) is 12.8 Å². The number of phenols is 2. The molecule has 3 N–H and O–H groups in total. The van der Waals surface area contributed by atoms with Crippen LogP contribution in [0.2, 0.25) is 0 Å². The summed E-state index contributed by atoms with van der Waals surface area (Å²) >= 11 is 0. The predicted molar refractivity (Wildman–Crippen MR) is 143 cm³/mol. The normalized spacial score (nSPS) is 14.2. The molecular weight excluding hydrogens is 486 g/mol. The Morgan fingerprint density at radius 3 is 2.37 bits per heavy atom. The molecule has 0 aliphatic carbocycles. The molecule has 4 rings (SSSR count). The number of likely N-dealkylation sites (tertiary alicyclic amines) is 1. The average molecular weight is 522 g/mol. The molecule has 1 saturated heterocycles. The molecule has 1 aliphatic rings. The first-order chi connectivity index (χ1) is 18.2. The zero-order chi connectivity index (χ0) is 27.4. The standard InChI is InChI=1S/C28H35N5O5/c1-5-29-27(36)26-31-30-25(22-14-21(17(2)3)23(34)15-24(22)35)33(26)20-8-6-19(7-9-20)28(37)32-12-10-18(11-13-32)16-38-4/h6-9,14-15,17-18,34-35H,5,10-13,16H2,1-4H3,(H,29,36). The molecule has 0 radical (unpaired) electrons. The minimum absolute atomic E-state index is 0.0153. The summed E-state index contributed by atoms with van der Waals surface area (Å²) < 4.78 is 6.80. The van der Waals surface area contributed by atoms with E-state index in [1.54, 1.807) is 48.9 Å². The number of piperidine rings is 1. The second kappa shape index (κ2) is 11.6. The van der Waals surface area contributed by atoms with E-state index in [4.69, 9.17) is 4.74 Å². The summed E-state index contributed by atoms with van der Waals surface area (Å²) in [6.45, 7) is 8.14. The second-order valence-electron chi connectivity index (χ2n) is 9.86. The molecule has 3 aromatic rings. The smallest absolute Gasteiger partial charge is 0.289 e. The van der Waals surface area contributed by atoms with Crippen molar-refractivity contribution in [1.82, 2.24) is 25.0 Å². The highest BCUT2D eigenvalue weighted by Gasteiger charge is 2.26. The molecule has 10 heteroatoms. The third kappa shape index (κ3) is 5.50. The quantitative estimate of drug-likeness (QED) is 0.412. The Hall–Kier alpha value is -3.92. The van der Waals surface area contributed by atoms with Crippen LogP contribution in [-0.4, -0.2) is 75.0 Å². The molecule has 1 aromatic heterocycles. The van der Waals surface area contributed by atoms with Gasteiger partial charge < -0.3 is 25.2 Å². The molecule has 0 spiro atoms. The minimum Gasteiger partial charge on any atom is -0.508 e. The fourth-order valence-electron chi connectivity index (χ4n) is 4.80. The number of hydrogen-bond acceptors (Lipinski definition) is 7. The number of carbonyl (C=O) groups excluding carboxylic acids is 2. The van der Waals surface area contributed by atoms with Crippen LogP contribution in [0.25, 0.3) is 17.1 Å². The largest absolute Gasteiger partial charge is 0.508 e. The lowest BCUT2D eigenvalue weighted by molar-refractivity contribution is 0.0613. The highest BCUT2D eigenvalue weighted by Crippen LogP contribution is 2.38. The van der Waals surface area contributed by atoms with Crippen molar-refractivity contribution in [3.8, 4) is 28.6 Å². The van der Waals surface area contributed by atoms with Crippen LogP contribution < -0.4 is 5.32 Å². The highest BCUT2D eigenvalue weighted by molar-refractivity contribution is 5.95. The lowest BCUT2D eigenvalue weighted by Crippen LogP contribution is -2.39. The van der Waals surface area contributed by atoms with Crippen molar-refractivity contribution in [3.05, 3.63) is 53.3 Å². The van der Waals surface area contributed by atoms with Gasteiger partial charge in [-0.2, -0.15) is 0 Å². The van der Waals surface area contributed by atoms with E-state index in [1.807, 2.05) is 18.7 Å². The van der Waals surface area contributed by atoms with E-state index in [-0.39, 0.29) is 35.0 Å². The molecule has 38 heavy (non-hydrogen) atoms. The monoisotopic (exact) mass is 521 g/mol. The van der Waals surface area contributed by atoms with Crippen LogP contribution in [0.15, 0.2) is 36.4 Å². The van der Waals surface area contributed by atoms with Gasteiger partial charge in [-0.05, 0) is 67.5 Å². The van der Waals surface area contributed by atoms with E-state index in [9.17, 15) is 19.8 Å². The number of hydrogen-bond donors (Lipinski definition) is 3. The van der Waals surface area contributed by atoms with Gasteiger partial charge in [-0.1, -0.05) is 13.8 Å². The Bertz CT molecular complexity index is 1290. The number of amides is 2. The molecule has 2 aromatic carbocycles. The van der Waals surface area contributed by atoms with Crippen molar-refractivity contribution >= 4 is 11.8 Å². The Balaban J connectivity index is 1.70. The van der Waals surface area contributed by atoms with Crippen molar-refractivity contribution in [2.24, 2.45) is 5.92 Å². The van der Waals surface area contributed by atoms with Crippen molar-refractivity contribution in [3.63, 3.8) is 0 Å². The number of aromatic nitrogens is 3. The molecule has 1 aliphatic heterocycles. The summed E-state index contributed by atoms with van der Waals surface area (Å²) in [6, 6.07) is 9.85. The first-order valence-corrected chi connectivity index (χ1v) is 12.9. The van der Waals surface area contributed by atoms with Gasteiger partial charge in [0.15, 0.2) is 5.82 Å². The molecule has 0 unspecified atom stereocenters. The van der Waals surface area contributed by atoms with Crippen LogP contribution in [-0.2, 0) is 4.74 Å². The van der Waals surface area contributed by atoms with E-state index in [1.165, 1.54) is 6.07 Å². The second-order valence-corrected chi connectivity index (χ2v) is 9.86. The van der Waals surface area contributed by atoms with E-state index < -0.39 is 5.91 Å². The summed E-state index contributed by atoms with van der Waals surface area (Å²) in [5.74, 6) is 0.0599. The third-order valence-corrected chi connectivity index (χ3v) is 6.89. The first-order valence-electron chi connectivity index (χ1n) is 12.9. The van der Waals surface area contributed by atoms with Gasteiger partial charge in [0.1, 0.15) is 11.5 Å². The lowest BCUT2D eigenvalue weighted by atomic mass is 9.97. The Labute approximate surface area is 222 Å². The first kappa shape index (κ1) is 27.1. The van der Waals surface area contributed by atoms with Crippen LogP contribution in [0.4, 0.5) is 0 Å². The number of nitrogens with zero attached hydrogens (tertiary/aromatic N) is 4. The number of carbonyl (C=O) groups is 2. The van der Waals surface area contributed by atoms with Gasteiger partial charge >= 0.3 is 0 Å².